The first-order valence-corrected chi connectivity index (χ1v) is 9.96. The molecule has 2 aliphatic heterocycles. The van der Waals surface area contributed by atoms with Gasteiger partial charge in [0, 0.05) is 44.7 Å². The number of sulfonamides is 1. The van der Waals surface area contributed by atoms with E-state index in [4.69, 9.17) is 4.74 Å². The van der Waals surface area contributed by atoms with Crippen LogP contribution in [0, 0.1) is 5.92 Å². The van der Waals surface area contributed by atoms with Gasteiger partial charge in [-0.1, -0.05) is 0 Å². The predicted octanol–water partition coefficient (Wildman–Crippen LogP) is 0.524. The van der Waals surface area contributed by atoms with Gasteiger partial charge in [0.25, 0.3) is 0 Å². The Morgan fingerprint density at radius 2 is 1.87 bits per heavy atom. The lowest BCUT2D eigenvalue weighted by atomic mass is 9.49. The first kappa shape index (κ1) is 14.2. The minimum absolute atomic E-state index is 0.233. The lowest BCUT2D eigenvalue weighted by Gasteiger charge is -2.67. The summed E-state index contributed by atoms with van der Waals surface area (Å²) in [5, 5.41) is 4.18. The van der Waals surface area contributed by atoms with Crippen LogP contribution in [0.1, 0.15) is 25.7 Å². The zero-order valence-corrected chi connectivity index (χ0v) is 14.0. The van der Waals surface area contributed by atoms with Crippen LogP contribution in [0.25, 0.3) is 0 Å². The van der Waals surface area contributed by atoms with Crippen molar-refractivity contribution in [3.8, 4) is 5.88 Å². The van der Waals surface area contributed by atoms with Gasteiger partial charge in [-0.25, -0.2) is 13.1 Å². The molecule has 6 rings (SSSR count). The lowest BCUT2D eigenvalue weighted by Crippen LogP contribution is -2.71. The van der Waals surface area contributed by atoms with Crippen molar-refractivity contribution in [2.24, 2.45) is 5.92 Å². The molecule has 3 saturated carbocycles. The second kappa shape index (κ2) is 4.70. The molecular formula is C15H22N4O3S. The number of rotatable bonds is 3. The second-order valence-corrected chi connectivity index (χ2v) is 9.24. The maximum atomic E-state index is 12.9. The van der Waals surface area contributed by atoms with E-state index in [0.717, 1.165) is 32.0 Å². The molecular weight excluding hydrogens is 316 g/mol. The molecule has 0 amide bonds. The molecule has 3 aliphatic carbocycles. The van der Waals surface area contributed by atoms with E-state index < -0.39 is 10.0 Å². The third-order valence-corrected chi connectivity index (χ3v) is 7.93. The van der Waals surface area contributed by atoms with Gasteiger partial charge < -0.3 is 4.74 Å². The van der Waals surface area contributed by atoms with Crippen LogP contribution in [0.5, 0.6) is 5.88 Å². The van der Waals surface area contributed by atoms with E-state index in [1.54, 1.807) is 8.99 Å². The third-order valence-electron chi connectivity index (χ3n) is 6.05. The Labute approximate surface area is 136 Å². The zero-order valence-electron chi connectivity index (χ0n) is 13.1. The smallest absolute Gasteiger partial charge is 0.250 e. The molecule has 2 bridgehead atoms. The van der Waals surface area contributed by atoms with E-state index in [-0.39, 0.29) is 4.90 Å². The Morgan fingerprint density at radius 1 is 1.13 bits per heavy atom. The normalized spacial score (nSPS) is 34.2. The Hall–Kier alpha value is -1.12. The van der Waals surface area contributed by atoms with Gasteiger partial charge >= 0.3 is 0 Å². The maximum Gasteiger partial charge on any atom is 0.250 e. The first-order valence-electron chi connectivity index (χ1n) is 8.52. The molecule has 0 aromatic carbocycles. The highest BCUT2D eigenvalue weighted by atomic mass is 32.2. The van der Waals surface area contributed by atoms with Crippen molar-refractivity contribution in [2.75, 3.05) is 32.8 Å². The fourth-order valence-electron chi connectivity index (χ4n) is 4.58. The summed E-state index contributed by atoms with van der Waals surface area (Å²) in [6.45, 7) is 4.11. The predicted molar refractivity (Wildman–Crippen MR) is 82.7 cm³/mol. The van der Waals surface area contributed by atoms with Crippen molar-refractivity contribution < 1.29 is 13.2 Å². The molecule has 0 unspecified atom stereocenters. The topological polar surface area (TPSA) is 67.7 Å². The van der Waals surface area contributed by atoms with Crippen molar-refractivity contribution in [1.82, 2.24) is 19.0 Å². The summed E-state index contributed by atoms with van der Waals surface area (Å²) in [7, 11) is -3.51. The fourth-order valence-corrected chi connectivity index (χ4v) is 6.07. The number of nitrogens with zero attached hydrogens (tertiary/aromatic N) is 4. The Morgan fingerprint density at radius 3 is 2.52 bits per heavy atom. The van der Waals surface area contributed by atoms with Gasteiger partial charge in [-0.05, 0) is 25.2 Å². The van der Waals surface area contributed by atoms with Crippen molar-refractivity contribution in [3.63, 3.8) is 0 Å². The van der Waals surface area contributed by atoms with Crippen LogP contribution < -0.4 is 4.74 Å². The SMILES string of the molecule is O=S(=O)(c1cnn2c1OCCC2)N1CCN(C23CC(C2)C3)CC1. The molecule has 0 atom stereocenters. The van der Waals surface area contributed by atoms with Gasteiger partial charge in [-0.2, -0.15) is 9.40 Å². The van der Waals surface area contributed by atoms with Crippen molar-refractivity contribution in [3.05, 3.63) is 6.20 Å². The second-order valence-electron chi connectivity index (χ2n) is 7.33. The maximum absolute atomic E-state index is 12.9. The minimum atomic E-state index is -3.51. The Kier molecular flexibility index (Phi) is 2.91. The Balaban J connectivity index is 1.34. The Bertz CT molecular complexity index is 719. The summed E-state index contributed by atoms with van der Waals surface area (Å²) >= 11 is 0. The van der Waals surface area contributed by atoms with Crippen LogP contribution in [-0.2, 0) is 16.6 Å². The summed E-state index contributed by atoms with van der Waals surface area (Å²) in [5.41, 5.74) is 0.431. The van der Waals surface area contributed by atoms with Crippen molar-refractivity contribution in [1.29, 1.82) is 0 Å². The molecule has 4 fully saturated rings. The number of ether oxygens (including phenoxy) is 1. The standard InChI is InChI=1S/C15H22N4O3S/c20-23(21,13-11-16-19-2-1-7-22-14(13)19)18-5-3-17(4-6-18)15-8-12(9-15)10-15/h11-12H,1-10H2. The molecule has 7 nitrogen and oxygen atoms in total. The number of hydrogen-bond donors (Lipinski definition) is 0. The number of hydrogen-bond acceptors (Lipinski definition) is 5. The fraction of sp³-hybridized carbons (Fsp3) is 0.800. The molecule has 126 valence electrons. The molecule has 0 N–H and O–H groups in total. The summed E-state index contributed by atoms with van der Waals surface area (Å²) < 4.78 is 34.7. The van der Waals surface area contributed by atoms with E-state index >= 15 is 0 Å². The molecule has 5 aliphatic rings. The summed E-state index contributed by atoms with van der Waals surface area (Å²) in [6.07, 6.45) is 6.29. The number of aryl methyl sites for hydroxylation is 1. The van der Waals surface area contributed by atoms with Crippen LogP contribution in [0.4, 0.5) is 0 Å². The summed E-state index contributed by atoms with van der Waals surface area (Å²) in [6, 6.07) is 0. The first-order chi connectivity index (χ1) is 11.1. The lowest BCUT2D eigenvalue weighted by molar-refractivity contribution is -0.151. The monoisotopic (exact) mass is 338 g/mol. The largest absolute Gasteiger partial charge is 0.477 e. The number of fused-ring (bicyclic) bond motifs is 1. The quantitative estimate of drug-likeness (QED) is 0.804. The van der Waals surface area contributed by atoms with E-state index in [2.05, 4.69) is 10.00 Å². The molecule has 0 spiro atoms. The molecule has 1 aromatic rings. The van der Waals surface area contributed by atoms with Gasteiger partial charge in [0.1, 0.15) is 0 Å². The van der Waals surface area contributed by atoms with E-state index in [1.165, 1.54) is 25.5 Å². The van der Waals surface area contributed by atoms with Crippen LogP contribution >= 0.6 is 0 Å². The van der Waals surface area contributed by atoms with Crippen LogP contribution in [0.2, 0.25) is 0 Å². The molecule has 0 radical (unpaired) electrons. The molecule has 3 heterocycles. The summed E-state index contributed by atoms with van der Waals surface area (Å²) in [4.78, 5) is 2.75. The van der Waals surface area contributed by atoms with Crippen LogP contribution in [0.15, 0.2) is 11.1 Å². The van der Waals surface area contributed by atoms with Gasteiger partial charge in [-0.3, -0.25) is 4.90 Å². The van der Waals surface area contributed by atoms with Crippen molar-refractivity contribution >= 4 is 10.0 Å². The highest BCUT2D eigenvalue weighted by Gasteiger charge is 2.60. The van der Waals surface area contributed by atoms with E-state index in [0.29, 0.717) is 31.1 Å². The van der Waals surface area contributed by atoms with Gasteiger partial charge in [0.15, 0.2) is 4.90 Å². The minimum Gasteiger partial charge on any atom is -0.477 e. The van der Waals surface area contributed by atoms with Crippen molar-refractivity contribution in [2.45, 2.75) is 42.7 Å². The summed E-state index contributed by atoms with van der Waals surface area (Å²) in [5.74, 6) is 1.37. The average Bonchev–Trinajstić information content (AvgIpc) is 2.89. The molecule has 1 aromatic heterocycles. The van der Waals surface area contributed by atoms with Crippen LogP contribution in [0.3, 0.4) is 0 Å². The average molecular weight is 338 g/mol. The van der Waals surface area contributed by atoms with Crippen LogP contribution in [-0.4, -0.2) is 65.7 Å². The highest BCUT2D eigenvalue weighted by molar-refractivity contribution is 7.89. The number of piperazine rings is 1. The molecule has 1 saturated heterocycles. The molecule has 23 heavy (non-hydrogen) atoms. The van der Waals surface area contributed by atoms with Gasteiger partial charge in [0.05, 0.1) is 12.8 Å². The number of aromatic nitrogens is 2. The van der Waals surface area contributed by atoms with E-state index in [9.17, 15) is 8.42 Å². The van der Waals surface area contributed by atoms with E-state index in [1.807, 2.05) is 0 Å². The van der Waals surface area contributed by atoms with Gasteiger partial charge in [-0.15, -0.1) is 0 Å². The highest BCUT2D eigenvalue weighted by Crippen LogP contribution is 2.60. The van der Waals surface area contributed by atoms with Gasteiger partial charge in [0.2, 0.25) is 15.9 Å². The zero-order chi connectivity index (χ0) is 15.7. The molecule has 8 heteroatoms. The third kappa shape index (κ3) is 1.94.